The molecule has 4 nitrogen and oxygen atoms in total. The van der Waals surface area contributed by atoms with Gasteiger partial charge < -0.3 is 5.73 Å². The van der Waals surface area contributed by atoms with Crippen molar-refractivity contribution in [1.82, 2.24) is 5.43 Å². The molecule has 0 heterocycles. The van der Waals surface area contributed by atoms with E-state index in [1.807, 2.05) is 31.2 Å². The Balaban J connectivity index is 1.98. The van der Waals surface area contributed by atoms with Crippen LogP contribution in [0.25, 0.3) is 0 Å². The summed E-state index contributed by atoms with van der Waals surface area (Å²) in [6, 6.07) is 14.5. The van der Waals surface area contributed by atoms with Crippen LogP contribution in [0.4, 0.5) is 5.69 Å². The molecule has 0 spiro atoms. The third kappa shape index (κ3) is 3.67. The first-order chi connectivity index (χ1) is 9.15. The Kier molecular flexibility index (Phi) is 3.93. The molecule has 96 valence electrons. The van der Waals surface area contributed by atoms with Crippen LogP contribution in [0.3, 0.4) is 0 Å². The van der Waals surface area contributed by atoms with E-state index in [2.05, 4.69) is 10.5 Å². The van der Waals surface area contributed by atoms with E-state index in [1.54, 1.807) is 30.5 Å². The molecule has 2 aromatic rings. The molecule has 0 radical (unpaired) electrons. The van der Waals surface area contributed by atoms with E-state index < -0.39 is 0 Å². The summed E-state index contributed by atoms with van der Waals surface area (Å²) in [5, 5.41) is 3.93. The van der Waals surface area contributed by atoms with Gasteiger partial charge in [0, 0.05) is 11.3 Å². The SMILES string of the molecule is Cc1cccc(/C=N/NC(=O)c2ccc(N)cc2)c1. The van der Waals surface area contributed by atoms with E-state index in [4.69, 9.17) is 5.73 Å². The number of carbonyl (C=O) groups is 1. The second-order valence-electron chi connectivity index (χ2n) is 4.24. The number of rotatable bonds is 3. The number of hydrogen-bond acceptors (Lipinski definition) is 3. The van der Waals surface area contributed by atoms with E-state index in [0.717, 1.165) is 11.1 Å². The molecular formula is C15H15N3O. The van der Waals surface area contributed by atoms with Crippen LogP contribution in [0, 0.1) is 6.92 Å². The van der Waals surface area contributed by atoms with Crippen molar-refractivity contribution in [2.75, 3.05) is 5.73 Å². The van der Waals surface area contributed by atoms with Gasteiger partial charge in [-0.1, -0.05) is 29.8 Å². The van der Waals surface area contributed by atoms with Crippen molar-refractivity contribution in [3.63, 3.8) is 0 Å². The number of benzene rings is 2. The Bertz CT molecular complexity index is 603. The van der Waals surface area contributed by atoms with Gasteiger partial charge in [0.1, 0.15) is 0 Å². The summed E-state index contributed by atoms with van der Waals surface area (Å²) in [6.45, 7) is 2.00. The standard InChI is InChI=1S/C15H15N3O/c1-11-3-2-4-12(9-11)10-17-18-15(19)13-5-7-14(16)8-6-13/h2-10H,16H2,1H3,(H,18,19)/b17-10+. The number of aryl methyl sites for hydroxylation is 1. The van der Waals surface area contributed by atoms with E-state index in [1.165, 1.54) is 0 Å². The summed E-state index contributed by atoms with van der Waals surface area (Å²) in [7, 11) is 0. The number of amides is 1. The summed E-state index contributed by atoms with van der Waals surface area (Å²) in [5.41, 5.74) is 11.3. The molecule has 2 aromatic carbocycles. The van der Waals surface area contributed by atoms with Crippen LogP contribution in [-0.2, 0) is 0 Å². The van der Waals surface area contributed by atoms with Gasteiger partial charge in [-0.3, -0.25) is 4.79 Å². The van der Waals surface area contributed by atoms with Crippen molar-refractivity contribution in [3.8, 4) is 0 Å². The van der Waals surface area contributed by atoms with Crippen molar-refractivity contribution in [2.45, 2.75) is 6.92 Å². The summed E-state index contributed by atoms with van der Waals surface area (Å²) >= 11 is 0. The highest BCUT2D eigenvalue weighted by Gasteiger charge is 2.02. The van der Waals surface area contributed by atoms with Gasteiger partial charge in [0.2, 0.25) is 0 Å². The van der Waals surface area contributed by atoms with Gasteiger partial charge in [0.05, 0.1) is 6.21 Å². The molecule has 0 saturated carbocycles. The van der Waals surface area contributed by atoms with Gasteiger partial charge in [-0.25, -0.2) is 5.43 Å². The molecule has 4 heteroatoms. The lowest BCUT2D eigenvalue weighted by atomic mass is 10.2. The van der Waals surface area contributed by atoms with Gasteiger partial charge >= 0.3 is 0 Å². The van der Waals surface area contributed by atoms with Gasteiger partial charge in [0.15, 0.2) is 0 Å². The molecule has 0 fully saturated rings. The monoisotopic (exact) mass is 253 g/mol. The lowest BCUT2D eigenvalue weighted by molar-refractivity contribution is 0.0955. The minimum absolute atomic E-state index is 0.260. The van der Waals surface area contributed by atoms with Gasteiger partial charge in [0.25, 0.3) is 5.91 Å². The quantitative estimate of drug-likeness (QED) is 0.501. The second kappa shape index (κ2) is 5.82. The Morgan fingerprint density at radius 1 is 1.21 bits per heavy atom. The highest BCUT2D eigenvalue weighted by atomic mass is 16.2. The number of nitrogens with two attached hydrogens (primary N) is 1. The van der Waals surface area contributed by atoms with Crippen molar-refractivity contribution in [3.05, 3.63) is 65.2 Å². The van der Waals surface area contributed by atoms with Crippen LogP contribution >= 0.6 is 0 Å². The predicted molar refractivity (Wildman–Crippen MR) is 77.1 cm³/mol. The van der Waals surface area contributed by atoms with Crippen LogP contribution in [0.5, 0.6) is 0 Å². The summed E-state index contributed by atoms with van der Waals surface area (Å²) in [6.07, 6.45) is 1.61. The minimum atomic E-state index is -0.260. The zero-order chi connectivity index (χ0) is 13.7. The maximum atomic E-state index is 11.7. The lowest BCUT2D eigenvalue weighted by Crippen LogP contribution is -2.17. The Hall–Kier alpha value is -2.62. The largest absolute Gasteiger partial charge is 0.399 e. The maximum absolute atomic E-state index is 11.7. The van der Waals surface area contributed by atoms with Gasteiger partial charge in [-0.2, -0.15) is 5.10 Å². The first-order valence-corrected chi connectivity index (χ1v) is 5.91. The van der Waals surface area contributed by atoms with Crippen molar-refractivity contribution >= 4 is 17.8 Å². The molecule has 0 atom stereocenters. The molecule has 0 aromatic heterocycles. The zero-order valence-corrected chi connectivity index (χ0v) is 10.6. The molecule has 0 unspecified atom stereocenters. The number of carbonyl (C=O) groups excluding carboxylic acids is 1. The highest BCUT2D eigenvalue weighted by molar-refractivity contribution is 5.95. The van der Waals surface area contributed by atoms with E-state index in [-0.39, 0.29) is 5.91 Å². The fourth-order valence-corrected chi connectivity index (χ4v) is 1.61. The zero-order valence-electron chi connectivity index (χ0n) is 10.6. The average Bonchev–Trinajstić information content (AvgIpc) is 2.39. The molecule has 2 rings (SSSR count). The predicted octanol–water partition coefficient (Wildman–Crippen LogP) is 2.34. The topological polar surface area (TPSA) is 67.5 Å². The Morgan fingerprint density at radius 3 is 2.63 bits per heavy atom. The van der Waals surface area contributed by atoms with Crippen LogP contribution in [0.1, 0.15) is 21.5 Å². The number of nitrogen functional groups attached to an aromatic ring is 1. The van der Waals surface area contributed by atoms with Gasteiger partial charge in [-0.15, -0.1) is 0 Å². The fraction of sp³-hybridized carbons (Fsp3) is 0.0667. The second-order valence-corrected chi connectivity index (χ2v) is 4.24. The number of hydrogen-bond donors (Lipinski definition) is 2. The molecule has 0 aliphatic heterocycles. The van der Waals surface area contributed by atoms with Crippen LogP contribution in [0.15, 0.2) is 53.6 Å². The molecule has 0 saturated heterocycles. The number of hydrazone groups is 1. The first kappa shape index (κ1) is 12.8. The third-order valence-electron chi connectivity index (χ3n) is 2.59. The van der Waals surface area contributed by atoms with Crippen LogP contribution < -0.4 is 11.2 Å². The van der Waals surface area contributed by atoms with E-state index >= 15 is 0 Å². The van der Waals surface area contributed by atoms with E-state index in [9.17, 15) is 4.79 Å². The van der Waals surface area contributed by atoms with Crippen molar-refractivity contribution in [2.24, 2.45) is 5.10 Å². The van der Waals surface area contributed by atoms with Gasteiger partial charge in [-0.05, 0) is 36.8 Å². The number of nitrogens with one attached hydrogen (secondary N) is 1. The maximum Gasteiger partial charge on any atom is 0.271 e. The highest BCUT2D eigenvalue weighted by Crippen LogP contribution is 2.05. The summed E-state index contributed by atoms with van der Waals surface area (Å²) in [4.78, 5) is 11.7. The Labute approximate surface area is 112 Å². The average molecular weight is 253 g/mol. The molecule has 0 aliphatic carbocycles. The molecule has 19 heavy (non-hydrogen) atoms. The summed E-state index contributed by atoms with van der Waals surface area (Å²) < 4.78 is 0. The number of anilines is 1. The van der Waals surface area contributed by atoms with Crippen LogP contribution in [0.2, 0.25) is 0 Å². The Morgan fingerprint density at radius 2 is 1.95 bits per heavy atom. The van der Waals surface area contributed by atoms with Crippen molar-refractivity contribution < 1.29 is 4.79 Å². The lowest BCUT2D eigenvalue weighted by Gasteiger charge is -2.00. The van der Waals surface area contributed by atoms with Crippen molar-refractivity contribution in [1.29, 1.82) is 0 Å². The molecule has 1 amide bonds. The minimum Gasteiger partial charge on any atom is -0.399 e. The smallest absolute Gasteiger partial charge is 0.271 e. The fourth-order valence-electron chi connectivity index (χ4n) is 1.61. The molecule has 3 N–H and O–H groups in total. The molecule has 0 bridgehead atoms. The third-order valence-corrected chi connectivity index (χ3v) is 2.59. The molecular weight excluding hydrogens is 238 g/mol. The van der Waals surface area contributed by atoms with E-state index in [0.29, 0.717) is 11.3 Å². The number of nitrogens with zero attached hydrogens (tertiary/aromatic N) is 1. The first-order valence-electron chi connectivity index (χ1n) is 5.91. The summed E-state index contributed by atoms with van der Waals surface area (Å²) in [5.74, 6) is -0.260. The molecule has 0 aliphatic rings. The normalized spacial score (nSPS) is 10.6. The van der Waals surface area contributed by atoms with Crippen LogP contribution in [-0.4, -0.2) is 12.1 Å².